The predicted molar refractivity (Wildman–Crippen MR) is 76.4 cm³/mol. The molecule has 106 valence electrons. The third-order valence-electron chi connectivity index (χ3n) is 5.85. The lowest BCUT2D eigenvalue weighted by Gasteiger charge is -2.51. The Balaban J connectivity index is 2.17. The Morgan fingerprint density at radius 1 is 1.06 bits per heavy atom. The molecule has 2 heteroatoms. The zero-order valence-electron chi connectivity index (χ0n) is 12.1. The molecule has 0 bridgehead atoms. The second-order valence-corrected chi connectivity index (χ2v) is 6.80. The van der Waals surface area contributed by atoms with Crippen molar-refractivity contribution in [2.45, 2.75) is 83.2 Å². The van der Waals surface area contributed by atoms with E-state index >= 15 is 0 Å². The van der Waals surface area contributed by atoms with Gasteiger partial charge in [0, 0.05) is 12.0 Å². The lowest BCUT2D eigenvalue weighted by atomic mass is 9.59. The Kier molecular flexibility index (Phi) is 4.71. The van der Waals surface area contributed by atoms with Crippen molar-refractivity contribution in [3.63, 3.8) is 0 Å². The SMILES string of the molecule is CCC1CCCC(O)(C2(CN)CCCCCC2)C1. The average Bonchev–Trinajstić information content (AvgIpc) is 2.65. The zero-order valence-corrected chi connectivity index (χ0v) is 12.1. The van der Waals surface area contributed by atoms with E-state index in [1.807, 2.05) is 0 Å². The molecule has 0 radical (unpaired) electrons. The quantitative estimate of drug-likeness (QED) is 0.755. The van der Waals surface area contributed by atoms with Gasteiger partial charge >= 0.3 is 0 Å². The van der Waals surface area contributed by atoms with E-state index in [4.69, 9.17) is 5.73 Å². The first-order valence-corrected chi connectivity index (χ1v) is 8.08. The smallest absolute Gasteiger partial charge is 0.0718 e. The first kappa shape index (κ1) is 14.3. The van der Waals surface area contributed by atoms with Crippen LogP contribution in [0.1, 0.15) is 77.6 Å². The average molecular weight is 253 g/mol. The summed E-state index contributed by atoms with van der Waals surface area (Å²) in [5.74, 6) is 0.718. The van der Waals surface area contributed by atoms with Gasteiger partial charge in [0.05, 0.1) is 5.60 Å². The van der Waals surface area contributed by atoms with Gasteiger partial charge in [0.15, 0.2) is 0 Å². The van der Waals surface area contributed by atoms with E-state index in [1.165, 1.54) is 44.9 Å². The highest BCUT2D eigenvalue weighted by atomic mass is 16.3. The third-order valence-corrected chi connectivity index (χ3v) is 5.85. The molecule has 0 aromatic carbocycles. The fraction of sp³-hybridized carbons (Fsp3) is 1.00. The van der Waals surface area contributed by atoms with Crippen LogP contribution < -0.4 is 5.73 Å². The van der Waals surface area contributed by atoms with Gasteiger partial charge in [-0.3, -0.25) is 0 Å². The Labute approximate surface area is 112 Å². The normalized spacial score (nSPS) is 37.2. The van der Waals surface area contributed by atoms with Crippen LogP contribution in [0.5, 0.6) is 0 Å². The molecule has 3 N–H and O–H groups in total. The van der Waals surface area contributed by atoms with E-state index in [9.17, 15) is 5.11 Å². The number of nitrogens with two attached hydrogens (primary N) is 1. The summed E-state index contributed by atoms with van der Waals surface area (Å²) in [4.78, 5) is 0. The standard InChI is InChI=1S/C16H31NO/c1-2-14-8-7-11-16(18,12-14)15(13-17)9-5-3-4-6-10-15/h14,18H,2-13,17H2,1H3. The van der Waals surface area contributed by atoms with E-state index < -0.39 is 5.60 Å². The van der Waals surface area contributed by atoms with Gasteiger partial charge in [-0.15, -0.1) is 0 Å². The van der Waals surface area contributed by atoms with Gasteiger partial charge in [-0.05, 0) is 31.6 Å². The van der Waals surface area contributed by atoms with Crippen LogP contribution in [0.3, 0.4) is 0 Å². The Morgan fingerprint density at radius 3 is 2.28 bits per heavy atom. The zero-order chi connectivity index (χ0) is 13.1. The summed E-state index contributed by atoms with van der Waals surface area (Å²) in [6.45, 7) is 2.94. The van der Waals surface area contributed by atoms with Crippen molar-refractivity contribution < 1.29 is 5.11 Å². The fourth-order valence-corrected chi connectivity index (χ4v) is 4.46. The molecule has 18 heavy (non-hydrogen) atoms. The van der Waals surface area contributed by atoms with E-state index in [0.29, 0.717) is 6.54 Å². The predicted octanol–water partition coefficient (Wildman–Crippen LogP) is 3.62. The van der Waals surface area contributed by atoms with Crippen LogP contribution in [-0.4, -0.2) is 17.3 Å². The molecule has 2 aliphatic rings. The lowest BCUT2D eigenvalue weighted by Crippen LogP contribution is -2.54. The Hall–Kier alpha value is -0.0800. The van der Waals surface area contributed by atoms with E-state index in [-0.39, 0.29) is 5.41 Å². The number of hydrogen-bond acceptors (Lipinski definition) is 2. The monoisotopic (exact) mass is 253 g/mol. The van der Waals surface area contributed by atoms with Crippen molar-refractivity contribution in [2.75, 3.05) is 6.54 Å². The fourth-order valence-electron chi connectivity index (χ4n) is 4.46. The number of rotatable bonds is 3. The highest BCUT2D eigenvalue weighted by molar-refractivity contribution is 5.02. The van der Waals surface area contributed by atoms with Gasteiger partial charge in [0.2, 0.25) is 0 Å². The molecular weight excluding hydrogens is 222 g/mol. The molecule has 0 aliphatic heterocycles. The van der Waals surface area contributed by atoms with Gasteiger partial charge in [-0.2, -0.15) is 0 Å². The van der Waals surface area contributed by atoms with Crippen molar-refractivity contribution in [1.29, 1.82) is 0 Å². The summed E-state index contributed by atoms with van der Waals surface area (Å²) in [5.41, 5.74) is 5.71. The van der Waals surface area contributed by atoms with Gasteiger partial charge in [-0.1, -0.05) is 51.9 Å². The van der Waals surface area contributed by atoms with Crippen molar-refractivity contribution >= 4 is 0 Å². The van der Waals surface area contributed by atoms with Crippen LogP contribution in [-0.2, 0) is 0 Å². The van der Waals surface area contributed by atoms with Crippen LogP contribution in [0.25, 0.3) is 0 Å². The molecular formula is C16H31NO. The van der Waals surface area contributed by atoms with E-state index in [2.05, 4.69) is 6.92 Å². The Morgan fingerprint density at radius 2 is 1.72 bits per heavy atom. The maximum Gasteiger partial charge on any atom is 0.0718 e. The molecule has 0 saturated heterocycles. The molecule has 2 fully saturated rings. The molecule has 2 saturated carbocycles. The molecule has 2 atom stereocenters. The summed E-state index contributed by atoms with van der Waals surface area (Å²) >= 11 is 0. The molecule has 2 unspecified atom stereocenters. The molecule has 0 heterocycles. The second kappa shape index (κ2) is 5.92. The maximum atomic E-state index is 11.3. The molecule has 2 rings (SSSR count). The summed E-state index contributed by atoms with van der Waals surface area (Å²) in [7, 11) is 0. The first-order valence-electron chi connectivity index (χ1n) is 8.08. The van der Waals surface area contributed by atoms with Crippen LogP contribution >= 0.6 is 0 Å². The van der Waals surface area contributed by atoms with Crippen LogP contribution in [0.15, 0.2) is 0 Å². The molecule has 0 aromatic heterocycles. The minimum absolute atomic E-state index is 0.0251. The molecule has 0 amide bonds. The van der Waals surface area contributed by atoms with Crippen LogP contribution in [0.2, 0.25) is 0 Å². The van der Waals surface area contributed by atoms with Crippen molar-refractivity contribution in [3.05, 3.63) is 0 Å². The topological polar surface area (TPSA) is 46.2 Å². The molecule has 0 spiro atoms. The van der Waals surface area contributed by atoms with Crippen LogP contribution in [0, 0.1) is 11.3 Å². The minimum atomic E-state index is -0.467. The molecule has 2 aliphatic carbocycles. The number of hydrogen-bond donors (Lipinski definition) is 2. The summed E-state index contributed by atoms with van der Waals surface area (Å²) in [6, 6.07) is 0. The molecule has 0 aromatic rings. The highest BCUT2D eigenvalue weighted by Gasteiger charge is 2.50. The minimum Gasteiger partial charge on any atom is -0.389 e. The number of aliphatic hydroxyl groups is 1. The van der Waals surface area contributed by atoms with Crippen molar-refractivity contribution in [3.8, 4) is 0 Å². The van der Waals surface area contributed by atoms with Crippen LogP contribution in [0.4, 0.5) is 0 Å². The van der Waals surface area contributed by atoms with E-state index in [1.54, 1.807) is 0 Å². The lowest BCUT2D eigenvalue weighted by molar-refractivity contribution is -0.125. The molecule has 2 nitrogen and oxygen atoms in total. The second-order valence-electron chi connectivity index (χ2n) is 6.80. The Bertz CT molecular complexity index is 258. The third kappa shape index (κ3) is 2.60. The summed E-state index contributed by atoms with van der Waals surface area (Å²) in [6.07, 6.45) is 13.2. The largest absolute Gasteiger partial charge is 0.389 e. The summed E-state index contributed by atoms with van der Waals surface area (Å²) < 4.78 is 0. The van der Waals surface area contributed by atoms with Gasteiger partial charge in [0.25, 0.3) is 0 Å². The van der Waals surface area contributed by atoms with Gasteiger partial charge in [-0.25, -0.2) is 0 Å². The first-order chi connectivity index (χ1) is 8.66. The van der Waals surface area contributed by atoms with E-state index in [0.717, 1.165) is 31.6 Å². The van der Waals surface area contributed by atoms with Gasteiger partial charge < -0.3 is 10.8 Å². The van der Waals surface area contributed by atoms with Crippen molar-refractivity contribution in [2.24, 2.45) is 17.1 Å². The maximum absolute atomic E-state index is 11.3. The highest BCUT2D eigenvalue weighted by Crippen LogP contribution is 2.51. The summed E-state index contributed by atoms with van der Waals surface area (Å²) in [5, 5.41) is 11.3. The van der Waals surface area contributed by atoms with Gasteiger partial charge in [0.1, 0.15) is 0 Å². The van der Waals surface area contributed by atoms with Crippen molar-refractivity contribution in [1.82, 2.24) is 0 Å².